The smallest absolute Gasteiger partial charge is 0.251 e. The van der Waals surface area contributed by atoms with Crippen LogP contribution in [0.3, 0.4) is 0 Å². The molecule has 0 bridgehead atoms. The van der Waals surface area contributed by atoms with E-state index < -0.39 is 11.6 Å². The highest BCUT2D eigenvalue weighted by Gasteiger charge is 2.15. The number of amides is 1. The first kappa shape index (κ1) is 22.3. The van der Waals surface area contributed by atoms with Gasteiger partial charge in [0.1, 0.15) is 17.5 Å². The number of carbonyl (C=O) groups excluding carboxylic acids is 1. The van der Waals surface area contributed by atoms with Gasteiger partial charge in [-0.15, -0.1) is 0 Å². The maximum absolute atomic E-state index is 14.3. The van der Waals surface area contributed by atoms with E-state index in [1.807, 2.05) is 18.2 Å². The van der Waals surface area contributed by atoms with Crippen LogP contribution < -0.4 is 14.8 Å². The van der Waals surface area contributed by atoms with Crippen LogP contribution >= 0.6 is 0 Å². The summed E-state index contributed by atoms with van der Waals surface area (Å²) in [6.07, 6.45) is 0.617. The van der Waals surface area contributed by atoms with Gasteiger partial charge in [-0.05, 0) is 61.4 Å². The third-order valence-electron chi connectivity index (χ3n) is 5.38. The van der Waals surface area contributed by atoms with Gasteiger partial charge in [0.2, 0.25) is 0 Å². The molecule has 170 valence electrons. The number of aryl methyl sites for hydroxylation is 1. The van der Waals surface area contributed by atoms with Gasteiger partial charge < -0.3 is 14.8 Å². The number of hydrogen-bond acceptors (Lipinski definition) is 4. The number of hydrogen-bond donors (Lipinski definition) is 1. The fourth-order valence-electron chi connectivity index (χ4n) is 3.77. The van der Waals surface area contributed by atoms with E-state index in [4.69, 9.17) is 9.47 Å². The van der Waals surface area contributed by atoms with Crippen LogP contribution in [0.2, 0.25) is 0 Å². The van der Waals surface area contributed by atoms with E-state index in [-0.39, 0.29) is 11.6 Å². The highest BCUT2D eigenvalue weighted by atomic mass is 19.1. The largest absolute Gasteiger partial charge is 0.493 e. The van der Waals surface area contributed by atoms with Crippen molar-refractivity contribution in [2.75, 3.05) is 20.8 Å². The number of halogens is 2. The molecule has 0 atom stereocenters. The number of aromatic nitrogens is 2. The van der Waals surface area contributed by atoms with Crippen molar-refractivity contribution < 1.29 is 23.0 Å². The topological polar surface area (TPSA) is 65.4 Å². The zero-order valence-corrected chi connectivity index (χ0v) is 18.5. The van der Waals surface area contributed by atoms with Crippen molar-refractivity contribution in [3.8, 4) is 17.2 Å². The molecule has 0 aliphatic heterocycles. The van der Waals surface area contributed by atoms with Crippen LogP contribution in [0.15, 0.2) is 54.6 Å². The Morgan fingerprint density at radius 3 is 2.52 bits per heavy atom. The second-order valence-corrected chi connectivity index (χ2v) is 7.49. The maximum atomic E-state index is 14.3. The number of rotatable bonds is 7. The van der Waals surface area contributed by atoms with Gasteiger partial charge >= 0.3 is 0 Å². The van der Waals surface area contributed by atoms with Crippen molar-refractivity contribution in [2.24, 2.45) is 0 Å². The van der Waals surface area contributed by atoms with Crippen LogP contribution in [0, 0.1) is 18.6 Å². The summed E-state index contributed by atoms with van der Waals surface area (Å²) in [6, 6.07) is 14.1. The molecule has 0 saturated heterocycles. The summed E-state index contributed by atoms with van der Waals surface area (Å²) in [7, 11) is 3.16. The van der Waals surface area contributed by atoms with E-state index in [0.29, 0.717) is 46.9 Å². The summed E-state index contributed by atoms with van der Waals surface area (Å²) >= 11 is 0. The third-order valence-corrected chi connectivity index (χ3v) is 5.38. The van der Waals surface area contributed by atoms with Crippen LogP contribution in [0.25, 0.3) is 16.7 Å². The van der Waals surface area contributed by atoms with Crippen molar-refractivity contribution in [1.29, 1.82) is 0 Å². The van der Waals surface area contributed by atoms with E-state index >= 15 is 0 Å². The molecule has 0 aliphatic rings. The summed E-state index contributed by atoms with van der Waals surface area (Å²) in [5.41, 5.74) is 2.81. The molecule has 0 fully saturated rings. The molecule has 0 spiro atoms. The molecule has 8 heteroatoms. The normalized spacial score (nSPS) is 10.9. The lowest BCUT2D eigenvalue weighted by atomic mass is 10.1. The van der Waals surface area contributed by atoms with E-state index in [1.54, 1.807) is 43.9 Å². The van der Waals surface area contributed by atoms with Crippen molar-refractivity contribution >= 4 is 16.9 Å². The summed E-state index contributed by atoms with van der Waals surface area (Å²) in [5.74, 6) is 0.239. The molecule has 33 heavy (non-hydrogen) atoms. The Labute approximate surface area is 189 Å². The highest BCUT2D eigenvalue weighted by Crippen LogP contribution is 2.28. The lowest BCUT2D eigenvalue weighted by Crippen LogP contribution is -2.25. The third kappa shape index (κ3) is 4.50. The Kier molecular flexibility index (Phi) is 6.26. The molecule has 6 nitrogen and oxygen atoms in total. The van der Waals surface area contributed by atoms with Gasteiger partial charge in [0.05, 0.1) is 30.9 Å². The van der Waals surface area contributed by atoms with Crippen LogP contribution in [-0.4, -0.2) is 36.2 Å². The predicted octanol–water partition coefficient (Wildman–Crippen LogP) is 4.60. The quantitative estimate of drug-likeness (QED) is 0.446. The maximum Gasteiger partial charge on any atom is 0.251 e. The average Bonchev–Trinajstić information content (AvgIpc) is 3.13. The molecule has 1 heterocycles. The molecule has 0 unspecified atom stereocenters. The number of nitrogens with one attached hydrogen (secondary N) is 1. The first-order chi connectivity index (χ1) is 15.9. The van der Waals surface area contributed by atoms with Crippen molar-refractivity contribution in [3.05, 3.63) is 83.2 Å². The van der Waals surface area contributed by atoms with E-state index in [1.165, 1.54) is 12.1 Å². The molecule has 4 aromatic rings. The number of methoxy groups -OCH3 is 2. The Hall–Kier alpha value is -3.94. The lowest BCUT2D eigenvalue weighted by Gasteiger charge is -2.10. The monoisotopic (exact) mass is 451 g/mol. The number of fused-ring (bicyclic) bond motifs is 1. The minimum Gasteiger partial charge on any atom is -0.493 e. The molecule has 1 aromatic heterocycles. The number of carbonyl (C=O) groups is 1. The van der Waals surface area contributed by atoms with Crippen molar-refractivity contribution in [3.63, 3.8) is 0 Å². The number of imidazole rings is 1. The SMILES string of the molecule is COc1ccc(CCNC(=O)c2ccc3c(c2)nc(C)n3-c2ccc(F)cc2F)cc1OC. The Balaban J connectivity index is 1.49. The van der Waals surface area contributed by atoms with Crippen molar-refractivity contribution in [1.82, 2.24) is 14.9 Å². The molecule has 0 saturated carbocycles. The molecular formula is C25H23F2N3O3. The number of benzene rings is 3. The number of nitrogens with zero attached hydrogens (tertiary/aromatic N) is 2. The zero-order chi connectivity index (χ0) is 23.5. The summed E-state index contributed by atoms with van der Waals surface area (Å²) in [6.45, 7) is 2.16. The fraction of sp³-hybridized carbons (Fsp3) is 0.200. The van der Waals surface area contributed by atoms with Crippen LogP contribution in [0.4, 0.5) is 8.78 Å². The van der Waals surface area contributed by atoms with Gasteiger partial charge in [0.25, 0.3) is 5.91 Å². The van der Waals surface area contributed by atoms with E-state index in [9.17, 15) is 13.6 Å². The second kappa shape index (κ2) is 9.28. The summed E-state index contributed by atoms with van der Waals surface area (Å²) in [4.78, 5) is 17.1. The molecule has 1 amide bonds. The van der Waals surface area contributed by atoms with Gasteiger partial charge in [-0.2, -0.15) is 0 Å². The first-order valence-electron chi connectivity index (χ1n) is 10.3. The summed E-state index contributed by atoms with van der Waals surface area (Å²) < 4.78 is 39.8. The Bertz CT molecular complexity index is 1330. The van der Waals surface area contributed by atoms with Gasteiger partial charge in [0, 0.05) is 18.2 Å². The van der Waals surface area contributed by atoms with Gasteiger partial charge in [0.15, 0.2) is 11.5 Å². The molecule has 4 rings (SSSR count). The van der Waals surface area contributed by atoms with Crippen LogP contribution in [0.5, 0.6) is 11.5 Å². The predicted molar refractivity (Wildman–Crippen MR) is 121 cm³/mol. The molecular weight excluding hydrogens is 428 g/mol. The standard InChI is InChI=1S/C25H23F2N3O3/c1-15-29-20-13-17(5-7-22(20)30(15)21-8-6-18(26)14-19(21)27)25(31)28-11-10-16-4-9-23(32-2)24(12-16)33-3/h4-9,12-14H,10-11H2,1-3H3,(H,28,31). The molecule has 3 aromatic carbocycles. The molecule has 0 aliphatic carbocycles. The zero-order valence-electron chi connectivity index (χ0n) is 18.5. The van der Waals surface area contributed by atoms with E-state index in [0.717, 1.165) is 11.6 Å². The molecule has 1 N–H and O–H groups in total. The van der Waals surface area contributed by atoms with Gasteiger partial charge in [-0.25, -0.2) is 13.8 Å². The Morgan fingerprint density at radius 2 is 1.79 bits per heavy atom. The minimum absolute atomic E-state index is 0.198. The van der Waals surface area contributed by atoms with Gasteiger partial charge in [-0.3, -0.25) is 9.36 Å². The second-order valence-electron chi connectivity index (χ2n) is 7.49. The minimum atomic E-state index is -0.686. The average molecular weight is 451 g/mol. The fourth-order valence-corrected chi connectivity index (χ4v) is 3.77. The lowest BCUT2D eigenvalue weighted by molar-refractivity contribution is 0.0954. The first-order valence-corrected chi connectivity index (χ1v) is 10.3. The molecule has 0 radical (unpaired) electrons. The Morgan fingerprint density at radius 1 is 1.00 bits per heavy atom. The summed E-state index contributed by atoms with van der Waals surface area (Å²) in [5, 5.41) is 2.90. The van der Waals surface area contributed by atoms with Crippen LogP contribution in [-0.2, 0) is 6.42 Å². The highest BCUT2D eigenvalue weighted by molar-refractivity contribution is 5.97. The number of ether oxygens (including phenoxy) is 2. The van der Waals surface area contributed by atoms with Crippen molar-refractivity contribution in [2.45, 2.75) is 13.3 Å². The van der Waals surface area contributed by atoms with Gasteiger partial charge in [-0.1, -0.05) is 6.07 Å². The van der Waals surface area contributed by atoms with E-state index in [2.05, 4.69) is 10.3 Å². The van der Waals surface area contributed by atoms with Crippen LogP contribution in [0.1, 0.15) is 21.7 Å².